The molecule has 1 aliphatic heterocycles. The fourth-order valence-electron chi connectivity index (χ4n) is 3.82. The lowest BCUT2D eigenvalue weighted by atomic mass is 10.00. The Morgan fingerprint density at radius 1 is 1.03 bits per heavy atom. The molecule has 0 radical (unpaired) electrons. The minimum Gasteiger partial charge on any atom is -0.490 e. The third-order valence-electron chi connectivity index (χ3n) is 5.49. The van der Waals surface area contributed by atoms with Crippen LogP contribution in [0.3, 0.4) is 0 Å². The highest BCUT2D eigenvalue weighted by atomic mass is 16.5. The molecular formula is C26H34N2O5. The maximum absolute atomic E-state index is 12.6. The largest absolute Gasteiger partial charge is 0.490 e. The molecule has 0 spiro atoms. The predicted molar refractivity (Wildman–Crippen MR) is 127 cm³/mol. The van der Waals surface area contributed by atoms with Gasteiger partial charge in [-0.05, 0) is 56.0 Å². The average Bonchev–Trinajstić information content (AvgIpc) is 2.83. The number of amides is 2. The van der Waals surface area contributed by atoms with Crippen molar-refractivity contribution in [3.8, 4) is 17.2 Å². The molecule has 1 heterocycles. The Hall–Kier alpha value is -3.22. The van der Waals surface area contributed by atoms with E-state index >= 15 is 0 Å². The number of hydrogen-bond donors (Lipinski definition) is 1. The van der Waals surface area contributed by atoms with Gasteiger partial charge in [0.05, 0.1) is 6.61 Å². The molecule has 1 fully saturated rings. The van der Waals surface area contributed by atoms with Gasteiger partial charge in [-0.1, -0.05) is 25.1 Å². The van der Waals surface area contributed by atoms with Crippen LogP contribution in [0.25, 0.3) is 0 Å². The molecule has 7 heteroatoms. The number of carbonyl (C=O) groups excluding carboxylic acids is 2. The Bertz CT molecular complexity index is 903. The van der Waals surface area contributed by atoms with Gasteiger partial charge >= 0.3 is 0 Å². The van der Waals surface area contributed by atoms with Gasteiger partial charge in [-0.3, -0.25) is 9.59 Å². The first-order chi connectivity index (χ1) is 16.1. The van der Waals surface area contributed by atoms with Gasteiger partial charge in [0, 0.05) is 31.6 Å². The van der Waals surface area contributed by atoms with Gasteiger partial charge in [0.1, 0.15) is 19.0 Å². The number of carbonyl (C=O) groups is 2. The summed E-state index contributed by atoms with van der Waals surface area (Å²) in [7, 11) is 0. The van der Waals surface area contributed by atoms with Gasteiger partial charge in [-0.25, -0.2) is 0 Å². The van der Waals surface area contributed by atoms with E-state index in [4.69, 9.17) is 14.2 Å². The van der Waals surface area contributed by atoms with Gasteiger partial charge in [-0.2, -0.15) is 0 Å². The van der Waals surface area contributed by atoms with Crippen molar-refractivity contribution in [3.05, 3.63) is 54.1 Å². The summed E-state index contributed by atoms with van der Waals surface area (Å²) in [6, 6.07) is 14.6. The third kappa shape index (κ3) is 7.70. The number of piperidine rings is 1. The van der Waals surface area contributed by atoms with E-state index in [1.54, 1.807) is 18.2 Å². The minimum atomic E-state index is -0.241. The summed E-state index contributed by atoms with van der Waals surface area (Å²) in [6.07, 6.45) is 2.52. The standard InChI is InChI=1S/C26H34N2O5/c1-3-31-24-18-21(11-12-23(24)33-17-16-32-22-9-5-4-6-10-22)26(30)27-14-13-25(29)28-15-7-8-20(2)19-28/h4-6,9-12,18,20H,3,7-8,13-17,19H2,1-2H3,(H,27,30). The fraction of sp³-hybridized carbons (Fsp3) is 0.462. The highest BCUT2D eigenvalue weighted by Crippen LogP contribution is 2.28. The molecule has 0 bridgehead atoms. The van der Waals surface area contributed by atoms with E-state index in [1.807, 2.05) is 42.2 Å². The maximum atomic E-state index is 12.6. The zero-order chi connectivity index (χ0) is 23.5. The van der Waals surface area contributed by atoms with Crippen LogP contribution in [0, 0.1) is 5.92 Å². The van der Waals surface area contributed by atoms with Gasteiger partial charge in [0.25, 0.3) is 5.91 Å². The maximum Gasteiger partial charge on any atom is 0.251 e. The Balaban J connectivity index is 1.47. The molecule has 178 valence electrons. The lowest BCUT2D eigenvalue weighted by Crippen LogP contribution is -2.40. The Morgan fingerprint density at radius 3 is 2.58 bits per heavy atom. The molecule has 33 heavy (non-hydrogen) atoms. The van der Waals surface area contributed by atoms with Crippen LogP contribution in [0.15, 0.2) is 48.5 Å². The molecule has 1 N–H and O–H groups in total. The number of benzene rings is 2. The lowest BCUT2D eigenvalue weighted by molar-refractivity contribution is -0.132. The highest BCUT2D eigenvalue weighted by Gasteiger charge is 2.20. The molecule has 0 aromatic heterocycles. The van der Waals surface area contributed by atoms with E-state index in [0.717, 1.165) is 25.3 Å². The summed E-state index contributed by atoms with van der Waals surface area (Å²) in [5.74, 6) is 2.24. The summed E-state index contributed by atoms with van der Waals surface area (Å²) in [5, 5.41) is 2.84. The van der Waals surface area contributed by atoms with Gasteiger partial charge in [0.2, 0.25) is 5.91 Å². The van der Waals surface area contributed by atoms with Crippen LogP contribution in [0.1, 0.15) is 43.5 Å². The first-order valence-electron chi connectivity index (χ1n) is 11.7. The Labute approximate surface area is 196 Å². The van der Waals surface area contributed by atoms with Crippen LogP contribution in [0.5, 0.6) is 17.2 Å². The molecule has 1 atom stereocenters. The number of nitrogens with one attached hydrogen (secondary N) is 1. The molecule has 0 aliphatic carbocycles. The van der Waals surface area contributed by atoms with Crippen LogP contribution in [-0.2, 0) is 4.79 Å². The Kier molecular flexibility index (Phi) is 9.42. The fourth-order valence-corrected chi connectivity index (χ4v) is 3.82. The summed E-state index contributed by atoms with van der Waals surface area (Å²) < 4.78 is 17.1. The molecule has 1 unspecified atom stereocenters. The van der Waals surface area contributed by atoms with Crippen molar-refractivity contribution in [2.24, 2.45) is 5.92 Å². The molecule has 2 amide bonds. The number of rotatable bonds is 11. The SMILES string of the molecule is CCOc1cc(C(=O)NCCC(=O)N2CCCC(C)C2)ccc1OCCOc1ccccc1. The monoisotopic (exact) mass is 454 g/mol. The second-order valence-electron chi connectivity index (χ2n) is 8.20. The van der Waals surface area contributed by atoms with Crippen molar-refractivity contribution in [3.63, 3.8) is 0 Å². The molecule has 0 saturated carbocycles. The molecule has 7 nitrogen and oxygen atoms in total. The van der Waals surface area contributed by atoms with E-state index in [9.17, 15) is 9.59 Å². The first-order valence-corrected chi connectivity index (χ1v) is 11.7. The normalized spacial score (nSPS) is 15.6. The summed E-state index contributed by atoms with van der Waals surface area (Å²) >= 11 is 0. The van der Waals surface area contributed by atoms with Crippen LogP contribution in [0.4, 0.5) is 0 Å². The summed E-state index contributed by atoms with van der Waals surface area (Å²) in [6.45, 7) is 7.16. The smallest absolute Gasteiger partial charge is 0.251 e. The minimum absolute atomic E-state index is 0.0957. The second kappa shape index (κ2) is 12.7. The Morgan fingerprint density at radius 2 is 1.82 bits per heavy atom. The summed E-state index contributed by atoms with van der Waals surface area (Å²) in [4.78, 5) is 26.9. The second-order valence-corrected chi connectivity index (χ2v) is 8.20. The number of hydrogen-bond acceptors (Lipinski definition) is 5. The van der Waals surface area contributed by atoms with Gasteiger partial charge < -0.3 is 24.4 Å². The van der Waals surface area contributed by atoms with Crippen molar-refractivity contribution < 1.29 is 23.8 Å². The number of para-hydroxylation sites is 1. The third-order valence-corrected chi connectivity index (χ3v) is 5.49. The van der Waals surface area contributed by atoms with Crippen molar-refractivity contribution in [1.82, 2.24) is 10.2 Å². The topological polar surface area (TPSA) is 77.1 Å². The average molecular weight is 455 g/mol. The molecule has 3 rings (SSSR count). The number of nitrogens with zero attached hydrogens (tertiary/aromatic N) is 1. The molecule has 2 aromatic carbocycles. The van der Waals surface area contributed by atoms with Crippen molar-refractivity contribution in [2.75, 3.05) is 39.5 Å². The van der Waals surface area contributed by atoms with E-state index in [1.165, 1.54) is 6.42 Å². The zero-order valence-electron chi connectivity index (χ0n) is 19.5. The van der Waals surface area contributed by atoms with E-state index in [0.29, 0.717) is 55.8 Å². The molecule has 1 saturated heterocycles. The van der Waals surface area contributed by atoms with Crippen molar-refractivity contribution >= 4 is 11.8 Å². The van der Waals surface area contributed by atoms with Crippen LogP contribution < -0.4 is 19.5 Å². The van der Waals surface area contributed by atoms with Crippen LogP contribution in [0.2, 0.25) is 0 Å². The summed E-state index contributed by atoms with van der Waals surface area (Å²) in [5.41, 5.74) is 0.463. The van der Waals surface area contributed by atoms with Crippen molar-refractivity contribution in [2.45, 2.75) is 33.1 Å². The first kappa shape index (κ1) is 24.4. The highest BCUT2D eigenvalue weighted by molar-refractivity contribution is 5.95. The van der Waals surface area contributed by atoms with E-state index in [-0.39, 0.29) is 11.8 Å². The molecular weight excluding hydrogens is 420 g/mol. The van der Waals surface area contributed by atoms with Crippen LogP contribution in [-0.4, -0.2) is 56.2 Å². The van der Waals surface area contributed by atoms with E-state index < -0.39 is 0 Å². The molecule has 2 aromatic rings. The zero-order valence-corrected chi connectivity index (χ0v) is 19.5. The lowest BCUT2D eigenvalue weighted by Gasteiger charge is -2.31. The van der Waals surface area contributed by atoms with Gasteiger partial charge in [0.15, 0.2) is 11.5 Å². The number of ether oxygens (including phenoxy) is 3. The molecule has 1 aliphatic rings. The van der Waals surface area contributed by atoms with E-state index in [2.05, 4.69) is 12.2 Å². The quantitative estimate of drug-likeness (QED) is 0.521. The number of likely N-dealkylation sites (tertiary alicyclic amines) is 1. The predicted octanol–water partition coefficient (Wildman–Crippen LogP) is 3.92. The van der Waals surface area contributed by atoms with Crippen molar-refractivity contribution in [1.29, 1.82) is 0 Å². The van der Waals surface area contributed by atoms with Gasteiger partial charge in [-0.15, -0.1) is 0 Å². The van der Waals surface area contributed by atoms with Crippen LogP contribution >= 0.6 is 0 Å².